The highest BCUT2D eigenvalue weighted by molar-refractivity contribution is 8.00. The number of rotatable bonds is 2. The molecule has 0 N–H and O–H groups in total. The SMILES string of the molecule is FC(F)(F)Sc1cc(Cl)c(-c2ccco2)c(Cl)c1. The fourth-order valence-electron chi connectivity index (χ4n) is 1.40. The highest BCUT2D eigenvalue weighted by atomic mass is 35.5. The lowest BCUT2D eigenvalue weighted by molar-refractivity contribution is -0.0328. The molecular formula is C11H5Cl2F3OS. The van der Waals surface area contributed by atoms with Gasteiger partial charge in [-0.25, -0.2) is 0 Å². The molecule has 0 atom stereocenters. The third-order valence-electron chi connectivity index (χ3n) is 2.02. The summed E-state index contributed by atoms with van der Waals surface area (Å²) >= 11 is 11.6. The minimum atomic E-state index is -4.38. The van der Waals surface area contributed by atoms with Gasteiger partial charge in [0.25, 0.3) is 0 Å². The summed E-state index contributed by atoms with van der Waals surface area (Å²) < 4.78 is 41.8. The van der Waals surface area contributed by atoms with Gasteiger partial charge >= 0.3 is 5.51 Å². The van der Waals surface area contributed by atoms with Gasteiger partial charge in [0.1, 0.15) is 5.76 Å². The van der Waals surface area contributed by atoms with Crippen LogP contribution in [0.2, 0.25) is 10.0 Å². The maximum absolute atomic E-state index is 12.2. The van der Waals surface area contributed by atoms with Gasteiger partial charge in [-0.2, -0.15) is 13.2 Å². The van der Waals surface area contributed by atoms with Gasteiger partial charge < -0.3 is 4.42 Å². The van der Waals surface area contributed by atoms with E-state index in [9.17, 15) is 13.2 Å². The number of alkyl halides is 3. The quantitative estimate of drug-likeness (QED) is 0.644. The zero-order valence-corrected chi connectivity index (χ0v) is 10.9. The van der Waals surface area contributed by atoms with E-state index in [0.29, 0.717) is 11.3 Å². The Morgan fingerprint density at radius 1 is 1.11 bits per heavy atom. The van der Waals surface area contributed by atoms with E-state index >= 15 is 0 Å². The third kappa shape index (κ3) is 3.16. The molecule has 0 aliphatic carbocycles. The Morgan fingerprint density at radius 3 is 2.17 bits per heavy atom. The average Bonchev–Trinajstić information content (AvgIpc) is 2.66. The molecule has 1 aromatic heterocycles. The average molecular weight is 313 g/mol. The summed E-state index contributed by atoms with van der Waals surface area (Å²) in [4.78, 5) is -0.0622. The zero-order valence-electron chi connectivity index (χ0n) is 8.59. The van der Waals surface area contributed by atoms with E-state index < -0.39 is 5.51 Å². The van der Waals surface area contributed by atoms with Gasteiger partial charge in [-0.15, -0.1) is 0 Å². The molecule has 0 amide bonds. The Morgan fingerprint density at radius 2 is 1.72 bits per heavy atom. The number of halogens is 5. The molecule has 96 valence electrons. The summed E-state index contributed by atoms with van der Waals surface area (Å²) in [5.74, 6) is 0.411. The van der Waals surface area contributed by atoms with Crippen LogP contribution in [0.25, 0.3) is 11.3 Å². The van der Waals surface area contributed by atoms with Gasteiger partial charge in [0.2, 0.25) is 0 Å². The molecule has 0 radical (unpaired) electrons. The smallest absolute Gasteiger partial charge is 0.446 e. The molecule has 0 aliphatic rings. The summed E-state index contributed by atoms with van der Waals surface area (Å²) in [6.07, 6.45) is 1.43. The summed E-state index contributed by atoms with van der Waals surface area (Å²) in [6, 6.07) is 5.69. The Balaban J connectivity index is 2.42. The first-order valence-electron chi connectivity index (χ1n) is 4.65. The summed E-state index contributed by atoms with van der Waals surface area (Å²) in [6.45, 7) is 0. The minimum Gasteiger partial charge on any atom is -0.464 e. The van der Waals surface area contributed by atoms with Crippen molar-refractivity contribution in [3.63, 3.8) is 0 Å². The fourth-order valence-corrected chi connectivity index (χ4v) is 2.82. The van der Waals surface area contributed by atoms with Crippen molar-refractivity contribution in [1.29, 1.82) is 0 Å². The van der Waals surface area contributed by atoms with Crippen LogP contribution in [-0.4, -0.2) is 5.51 Å². The molecule has 0 bridgehead atoms. The molecule has 7 heteroatoms. The molecule has 0 aliphatic heterocycles. The minimum absolute atomic E-state index is 0.0622. The number of thioether (sulfide) groups is 1. The Bertz CT molecular complexity index is 529. The van der Waals surface area contributed by atoms with Crippen molar-refractivity contribution in [2.75, 3.05) is 0 Å². The molecule has 0 saturated heterocycles. The van der Waals surface area contributed by atoms with E-state index in [-0.39, 0.29) is 26.7 Å². The van der Waals surface area contributed by atoms with E-state index in [4.69, 9.17) is 27.6 Å². The first kappa shape index (κ1) is 13.6. The van der Waals surface area contributed by atoms with Crippen molar-refractivity contribution < 1.29 is 17.6 Å². The van der Waals surface area contributed by atoms with Crippen LogP contribution in [0, 0.1) is 0 Å². The second-order valence-corrected chi connectivity index (χ2v) is 5.24. The normalized spacial score (nSPS) is 11.8. The molecule has 0 fully saturated rings. The number of benzene rings is 1. The van der Waals surface area contributed by atoms with E-state index in [1.54, 1.807) is 12.1 Å². The summed E-state index contributed by atoms with van der Waals surface area (Å²) in [5, 5.41) is 0.230. The highest BCUT2D eigenvalue weighted by Gasteiger charge is 2.30. The van der Waals surface area contributed by atoms with Crippen LogP contribution in [-0.2, 0) is 0 Å². The Labute approximate surface area is 115 Å². The van der Waals surface area contributed by atoms with Crippen molar-refractivity contribution in [2.45, 2.75) is 10.4 Å². The monoisotopic (exact) mass is 312 g/mol. The predicted octanol–water partition coefficient (Wildman–Crippen LogP) is 5.87. The first-order chi connectivity index (χ1) is 8.37. The second kappa shape index (κ2) is 5.07. The van der Waals surface area contributed by atoms with Crippen LogP contribution in [0.15, 0.2) is 39.8 Å². The van der Waals surface area contributed by atoms with Gasteiger partial charge in [0.15, 0.2) is 0 Å². The van der Waals surface area contributed by atoms with Crippen LogP contribution >= 0.6 is 35.0 Å². The third-order valence-corrected chi connectivity index (χ3v) is 3.32. The van der Waals surface area contributed by atoms with Crippen LogP contribution in [0.5, 0.6) is 0 Å². The molecule has 0 spiro atoms. The maximum Gasteiger partial charge on any atom is 0.446 e. The molecule has 0 unspecified atom stereocenters. The first-order valence-corrected chi connectivity index (χ1v) is 6.23. The highest BCUT2D eigenvalue weighted by Crippen LogP contribution is 2.43. The van der Waals surface area contributed by atoms with E-state index in [1.165, 1.54) is 18.4 Å². The lowest BCUT2D eigenvalue weighted by Gasteiger charge is -2.09. The van der Waals surface area contributed by atoms with Gasteiger partial charge in [-0.1, -0.05) is 23.2 Å². The van der Waals surface area contributed by atoms with Gasteiger partial charge in [-0.3, -0.25) is 0 Å². The van der Waals surface area contributed by atoms with Crippen molar-refractivity contribution >= 4 is 35.0 Å². The van der Waals surface area contributed by atoms with Crippen LogP contribution in [0.4, 0.5) is 13.2 Å². The lowest BCUT2D eigenvalue weighted by atomic mass is 10.2. The van der Waals surface area contributed by atoms with Gasteiger partial charge in [0, 0.05) is 4.90 Å². The zero-order chi connectivity index (χ0) is 13.3. The lowest BCUT2D eigenvalue weighted by Crippen LogP contribution is -1.99. The molecule has 1 nitrogen and oxygen atoms in total. The van der Waals surface area contributed by atoms with Gasteiger partial charge in [-0.05, 0) is 36.0 Å². The van der Waals surface area contributed by atoms with Crippen molar-refractivity contribution in [1.82, 2.24) is 0 Å². The van der Waals surface area contributed by atoms with Crippen molar-refractivity contribution in [2.24, 2.45) is 0 Å². The Hall–Kier alpha value is -0.780. The summed E-state index contributed by atoms with van der Waals surface area (Å²) in [5.41, 5.74) is -3.99. The van der Waals surface area contributed by atoms with Crippen molar-refractivity contribution in [3.8, 4) is 11.3 Å². The van der Waals surface area contributed by atoms with Crippen molar-refractivity contribution in [3.05, 3.63) is 40.6 Å². The maximum atomic E-state index is 12.2. The number of furan rings is 1. The fraction of sp³-hybridized carbons (Fsp3) is 0.0909. The largest absolute Gasteiger partial charge is 0.464 e. The van der Waals surface area contributed by atoms with Crippen LogP contribution in [0.3, 0.4) is 0 Å². The Kier molecular flexibility index (Phi) is 3.84. The molecule has 1 heterocycles. The second-order valence-electron chi connectivity index (χ2n) is 3.29. The van der Waals surface area contributed by atoms with E-state index in [0.717, 1.165) is 0 Å². The number of hydrogen-bond acceptors (Lipinski definition) is 2. The molecule has 2 aromatic rings. The van der Waals surface area contributed by atoms with Crippen LogP contribution < -0.4 is 0 Å². The van der Waals surface area contributed by atoms with Crippen LogP contribution in [0.1, 0.15) is 0 Å². The molecular weight excluding hydrogens is 308 g/mol. The molecule has 2 rings (SSSR count). The van der Waals surface area contributed by atoms with Gasteiger partial charge in [0.05, 0.1) is 21.9 Å². The molecule has 18 heavy (non-hydrogen) atoms. The van der Waals surface area contributed by atoms with E-state index in [1.807, 2.05) is 0 Å². The summed E-state index contributed by atoms with van der Waals surface area (Å²) in [7, 11) is 0. The predicted molar refractivity (Wildman–Crippen MR) is 66.1 cm³/mol. The number of hydrogen-bond donors (Lipinski definition) is 0. The topological polar surface area (TPSA) is 13.1 Å². The molecule has 1 aromatic carbocycles. The van der Waals surface area contributed by atoms with E-state index in [2.05, 4.69) is 0 Å². The standard InChI is InChI=1S/C11H5Cl2F3OS/c12-7-4-6(18-11(14,15)16)5-8(13)10(7)9-2-1-3-17-9/h1-5H. The molecule has 0 saturated carbocycles.